The average molecular weight is 526 g/mol. The van der Waals surface area contributed by atoms with E-state index in [0.29, 0.717) is 54.7 Å². The van der Waals surface area contributed by atoms with E-state index in [1.165, 1.54) is 0 Å². The minimum atomic E-state index is -1.24. The second-order valence-electron chi connectivity index (χ2n) is 9.36. The van der Waals surface area contributed by atoms with Gasteiger partial charge >= 0.3 is 5.97 Å². The molecule has 0 bridgehead atoms. The Bertz CT molecular complexity index is 1200. The lowest BCUT2D eigenvalue weighted by molar-refractivity contribution is -0.159. The van der Waals surface area contributed by atoms with Crippen molar-refractivity contribution in [2.75, 3.05) is 19.8 Å². The van der Waals surface area contributed by atoms with Crippen molar-refractivity contribution in [1.29, 1.82) is 0 Å². The Labute approximate surface area is 222 Å². The summed E-state index contributed by atoms with van der Waals surface area (Å²) in [5, 5.41) is 10.2. The number of halogens is 1. The van der Waals surface area contributed by atoms with E-state index in [1.54, 1.807) is 36.6 Å². The Balaban J connectivity index is 1.66. The molecule has 0 amide bonds. The van der Waals surface area contributed by atoms with E-state index in [0.717, 1.165) is 17.5 Å². The minimum Gasteiger partial charge on any atom is -0.494 e. The standard InChI is InChI=1S/C29H32ClNO6/c1-3-14-36-22-8-9-23(24(30)17-22)26(32)28(11-5-13-31-28)19-21-16-20(7-10-25(21)35-4-2)18-29(27(33)34)12-6-15-37-29/h5,7-11,13,16-17H,3-4,6,12,14-15,18-19H2,1-2H3,(H,33,34). The van der Waals surface area contributed by atoms with Gasteiger partial charge in [0, 0.05) is 31.2 Å². The number of rotatable bonds is 12. The van der Waals surface area contributed by atoms with Crippen molar-refractivity contribution in [3.8, 4) is 11.5 Å². The van der Waals surface area contributed by atoms with Crippen molar-refractivity contribution in [2.24, 2.45) is 4.99 Å². The number of ether oxygens (including phenoxy) is 3. The third-order valence-electron chi connectivity index (χ3n) is 6.68. The summed E-state index contributed by atoms with van der Waals surface area (Å²) in [6, 6.07) is 10.6. The number of aliphatic carboxylic acids is 1. The summed E-state index contributed by atoms with van der Waals surface area (Å²) in [7, 11) is 0. The van der Waals surface area contributed by atoms with Gasteiger partial charge in [-0.15, -0.1) is 0 Å². The fourth-order valence-corrected chi connectivity index (χ4v) is 5.10. The summed E-state index contributed by atoms with van der Waals surface area (Å²) >= 11 is 6.52. The molecular weight excluding hydrogens is 494 g/mol. The SMILES string of the molecule is CCCOc1ccc(C(=O)C2(Cc3cc(CC4(C(=O)O)CCCO4)ccc3OCC)C=CC=N2)c(Cl)c1. The molecule has 1 fully saturated rings. The highest BCUT2D eigenvalue weighted by atomic mass is 35.5. The van der Waals surface area contributed by atoms with E-state index in [4.69, 9.17) is 25.8 Å². The average Bonchev–Trinajstić information content (AvgIpc) is 3.55. The highest BCUT2D eigenvalue weighted by molar-refractivity contribution is 6.34. The number of carbonyl (C=O) groups excluding carboxylic acids is 1. The Hall–Kier alpha value is -3.16. The lowest BCUT2D eigenvalue weighted by Gasteiger charge is -2.26. The summed E-state index contributed by atoms with van der Waals surface area (Å²) < 4.78 is 17.2. The van der Waals surface area contributed by atoms with Gasteiger partial charge in [-0.25, -0.2) is 4.79 Å². The highest BCUT2D eigenvalue weighted by Gasteiger charge is 2.43. The number of nitrogens with zero attached hydrogens (tertiary/aromatic N) is 1. The predicted octanol–water partition coefficient (Wildman–Crippen LogP) is 5.51. The molecule has 0 aromatic heterocycles. The maximum atomic E-state index is 13.9. The van der Waals surface area contributed by atoms with Crippen LogP contribution in [0.25, 0.3) is 0 Å². The molecule has 0 saturated carbocycles. The van der Waals surface area contributed by atoms with Crippen LogP contribution in [0.5, 0.6) is 11.5 Å². The van der Waals surface area contributed by atoms with Crippen LogP contribution < -0.4 is 9.47 Å². The van der Waals surface area contributed by atoms with Gasteiger partial charge in [-0.3, -0.25) is 9.79 Å². The molecule has 2 aliphatic rings. The minimum absolute atomic E-state index is 0.229. The number of carboxylic acid groups (broad SMARTS) is 1. The molecule has 2 aliphatic heterocycles. The van der Waals surface area contributed by atoms with Gasteiger partial charge in [0.1, 0.15) is 17.0 Å². The number of allylic oxidation sites excluding steroid dienone is 1. The molecular formula is C29H32ClNO6. The van der Waals surface area contributed by atoms with Crippen LogP contribution in [0.1, 0.15) is 54.6 Å². The lowest BCUT2D eigenvalue weighted by atomic mass is 9.83. The van der Waals surface area contributed by atoms with Gasteiger partial charge in [0.15, 0.2) is 11.4 Å². The largest absolute Gasteiger partial charge is 0.494 e. The third kappa shape index (κ3) is 5.73. The first-order chi connectivity index (χ1) is 17.8. The zero-order valence-electron chi connectivity index (χ0n) is 21.2. The maximum Gasteiger partial charge on any atom is 0.336 e. The number of carbonyl (C=O) groups is 2. The van der Waals surface area contributed by atoms with Crippen LogP contribution in [0.15, 0.2) is 53.5 Å². The predicted molar refractivity (Wildman–Crippen MR) is 143 cm³/mol. The van der Waals surface area contributed by atoms with E-state index in [-0.39, 0.29) is 18.6 Å². The molecule has 0 aliphatic carbocycles. The van der Waals surface area contributed by atoms with E-state index >= 15 is 0 Å². The number of Topliss-reactive ketones (excluding diaryl/α,β-unsaturated/α-hetero) is 1. The van der Waals surface area contributed by atoms with Crippen molar-refractivity contribution in [3.63, 3.8) is 0 Å². The number of benzene rings is 2. The van der Waals surface area contributed by atoms with Gasteiger partial charge in [-0.2, -0.15) is 0 Å². The van der Waals surface area contributed by atoms with Crippen LogP contribution in [0.2, 0.25) is 5.02 Å². The van der Waals surface area contributed by atoms with Crippen LogP contribution in [0, 0.1) is 0 Å². The molecule has 8 heteroatoms. The van der Waals surface area contributed by atoms with Crippen LogP contribution >= 0.6 is 11.6 Å². The monoisotopic (exact) mass is 525 g/mol. The second-order valence-corrected chi connectivity index (χ2v) is 9.77. The van der Waals surface area contributed by atoms with Crippen molar-refractivity contribution >= 4 is 29.6 Å². The molecule has 2 aromatic rings. The maximum absolute atomic E-state index is 13.9. The number of hydrogen-bond donors (Lipinski definition) is 1. The first kappa shape index (κ1) is 26.9. The summed E-state index contributed by atoms with van der Waals surface area (Å²) in [5.41, 5.74) is -0.527. The molecule has 0 radical (unpaired) electrons. The normalized spacial score (nSPS) is 22.4. The molecule has 196 valence electrons. The Morgan fingerprint density at radius 1 is 1.14 bits per heavy atom. The van der Waals surface area contributed by atoms with Crippen molar-refractivity contribution in [3.05, 3.63) is 70.3 Å². The molecule has 2 heterocycles. The van der Waals surface area contributed by atoms with Gasteiger partial charge in [0.25, 0.3) is 0 Å². The quantitative estimate of drug-likeness (QED) is 0.367. The first-order valence-electron chi connectivity index (χ1n) is 12.6. The van der Waals surface area contributed by atoms with Gasteiger partial charge in [-0.05, 0) is 73.7 Å². The van der Waals surface area contributed by atoms with E-state index < -0.39 is 17.1 Å². The zero-order valence-corrected chi connectivity index (χ0v) is 21.9. The first-order valence-corrected chi connectivity index (χ1v) is 13.0. The van der Waals surface area contributed by atoms with Gasteiger partial charge < -0.3 is 19.3 Å². The van der Waals surface area contributed by atoms with Crippen molar-refractivity contribution in [2.45, 2.75) is 57.1 Å². The van der Waals surface area contributed by atoms with Crippen molar-refractivity contribution < 1.29 is 28.9 Å². The van der Waals surface area contributed by atoms with Gasteiger partial charge in [0.05, 0.1) is 18.2 Å². The van der Waals surface area contributed by atoms with Crippen LogP contribution in [0.4, 0.5) is 0 Å². The highest BCUT2D eigenvalue weighted by Crippen LogP contribution is 2.36. The van der Waals surface area contributed by atoms with Gasteiger partial charge in [0.2, 0.25) is 0 Å². The molecule has 2 unspecified atom stereocenters. The molecule has 0 spiro atoms. The summed E-state index contributed by atoms with van der Waals surface area (Å²) in [5.74, 6) is 0.0331. The number of carboxylic acids is 1. The van der Waals surface area contributed by atoms with E-state index in [2.05, 4.69) is 4.99 Å². The number of hydrogen-bond acceptors (Lipinski definition) is 6. The van der Waals surface area contributed by atoms with Crippen LogP contribution in [-0.4, -0.2) is 54.0 Å². The molecule has 7 nitrogen and oxygen atoms in total. The Kier molecular flexibility index (Phi) is 8.35. The van der Waals surface area contributed by atoms with Crippen molar-refractivity contribution in [1.82, 2.24) is 0 Å². The fraction of sp³-hybridized carbons (Fsp3) is 0.414. The molecule has 1 saturated heterocycles. The third-order valence-corrected chi connectivity index (χ3v) is 6.99. The Morgan fingerprint density at radius 2 is 1.97 bits per heavy atom. The zero-order chi connectivity index (χ0) is 26.5. The van der Waals surface area contributed by atoms with Crippen LogP contribution in [-0.2, 0) is 22.4 Å². The molecule has 2 aromatic carbocycles. The Morgan fingerprint density at radius 3 is 2.59 bits per heavy atom. The van der Waals surface area contributed by atoms with E-state index in [9.17, 15) is 14.7 Å². The molecule has 4 rings (SSSR count). The fourth-order valence-electron chi connectivity index (χ4n) is 4.84. The summed E-state index contributed by atoms with van der Waals surface area (Å²) in [6.45, 7) is 5.34. The van der Waals surface area contributed by atoms with E-state index in [1.807, 2.05) is 32.0 Å². The second kappa shape index (κ2) is 11.5. The smallest absolute Gasteiger partial charge is 0.336 e. The molecule has 2 atom stereocenters. The molecule has 1 N–H and O–H groups in total. The van der Waals surface area contributed by atoms with Gasteiger partial charge in [-0.1, -0.05) is 30.7 Å². The number of ketones is 1. The number of aliphatic imine (C=N–C) groups is 1. The summed E-state index contributed by atoms with van der Waals surface area (Å²) in [4.78, 5) is 30.5. The summed E-state index contributed by atoms with van der Waals surface area (Å²) in [6.07, 6.45) is 7.62. The van der Waals surface area contributed by atoms with Crippen LogP contribution in [0.3, 0.4) is 0 Å². The lowest BCUT2D eigenvalue weighted by Crippen LogP contribution is -2.40. The molecule has 37 heavy (non-hydrogen) atoms. The topological polar surface area (TPSA) is 94.4 Å².